The predicted molar refractivity (Wildman–Crippen MR) is 80.1 cm³/mol. The molecule has 4 atom stereocenters. The Morgan fingerprint density at radius 3 is 2.83 bits per heavy atom. The minimum Gasteiger partial charge on any atom is -0.388 e. The standard InChI is InChI=1S/C15H21N3O5/c1-3-11-16-7(2)8(15(21)18-11)4-12(20)17-9-5-22-14-10(19)6-23-13(9)14/h9-10,13-14,19H,3-6H2,1-2H3,(H,17,20)(H,16,18,21)/t9-,10-,13-,14-/m1/s1. The Balaban J connectivity index is 1.65. The number of fused-ring (bicyclic) bond motifs is 1. The van der Waals surface area contributed by atoms with Crippen molar-refractivity contribution in [3.8, 4) is 0 Å². The average Bonchev–Trinajstić information content (AvgIpc) is 3.07. The van der Waals surface area contributed by atoms with Crippen molar-refractivity contribution in [3.05, 3.63) is 27.4 Å². The molecule has 1 aromatic rings. The lowest BCUT2D eigenvalue weighted by Crippen LogP contribution is -2.45. The third-order valence-corrected chi connectivity index (χ3v) is 4.32. The Kier molecular flexibility index (Phi) is 4.47. The van der Waals surface area contributed by atoms with Crippen molar-refractivity contribution >= 4 is 5.91 Å². The van der Waals surface area contributed by atoms with Gasteiger partial charge < -0.3 is 24.9 Å². The minimum atomic E-state index is -0.655. The molecule has 3 N–H and O–H groups in total. The molecule has 1 aromatic heterocycles. The van der Waals surface area contributed by atoms with Gasteiger partial charge in [-0.05, 0) is 6.92 Å². The summed E-state index contributed by atoms with van der Waals surface area (Å²) in [5.74, 6) is 0.320. The fourth-order valence-electron chi connectivity index (χ4n) is 3.07. The van der Waals surface area contributed by atoms with Crippen LogP contribution in [0.5, 0.6) is 0 Å². The summed E-state index contributed by atoms with van der Waals surface area (Å²) in [7, 11) is 0. The Labute approximate surface area is 133 Å². The van der Waals surface area contributed by atoms with E-state index >= 15 is 0 Å². The smallest absolute Gasteiger partial charge is 0.254 e. The topological polar surface area (TPSA) is 114 Å². The second kappa shape index (κ2) is 6.38. The first-order valence-corrected chi connectivity index (χ1v) is 7.79. The van der Waals surface area contributed by atoms with Gasteiger partial charge in [-0.25, -0.2) is 4.98 Å². The van der Waals surface area contributed by atoms with Crippen LogP contribution in [0.4, 0.5) is 0 Å². The summed E-state index contributed by atoms with van der Waals surface area (Å²) >= 11 is 0. The van der Waals surface area contributed by atoms with Crippen molar-refractivity contribution in [1.29, 1.82) is 0 Å². The number of H-pyrrole nitrogens is 1. The van der Waals surface area contributed by atoms with Gasteiger partial charge in [-0.2, -0.15) is 0 Å². The van der Waals surface area contributed by atoms with E-state index in [1.54, 1.807) is 6.92 Å². The number of hydrogen-bond acceptors (Lipinski definition) is 6. The van der Waals surface area contributed by atoms with Crippen LogP contribution in [-0.2, 0) is 27.1 Å². The summed E-state index contributed by atoms with van der Waals surface area (Å²) in [5, 5.41) is 12.5. The van der Waals surface area contributed by atoms with E-state index in [4.69, 9.17) is 9.47 Å². The fraction of sp³-hybridized carbons (Fsp3) is 0.667. The zero-order chi connectivity index (χ0) is 16.6. The highest BCUT2D eigenvalue weighted by Crippen LogP contribution is 2.26. The first-order chi connectivity index (χ1) is 11.0. The minimum absolute atomic E-state index is 0.0470. The maximum atomic E-state index is 12.2. The molecule has 0 unspecified atom stereocenters. The molecule has 3 rings (SSSR count). The van der Waals surface area contributed by atoms with Gasteiger partial charge in [-0.15, -0.1) is 0 Å². The Hall–Kier alpha value is -1.77. The number of aliphatic hydroxyl groups excluding tert-OH is 1. The number of aryl methyl sites for hydroxylation is 2. The second-order valence-electron chi connectivity index (χ2n) is 5.94. The molecule has 23 heavy (non-hydrogen) atoms. The summed E-state index contributed by atoms with van der Waals surface area (Å²) in [4.78, 5) is 31.3. The van der Waals surface area contributed by atoms with Crippen LogP contribution >= 0.6 is 0 Å². The lowest BCUT2D eigenvalue weighted by Gasteiger charge is -2.17. The molecular formula is C15H21N3O5. The van der Waals surface area contributed by atoms with Crippen LogP contribution in [0.2, 0.25) is 0 Å². The van der Waals surface area contributed by atoms with E-state index in [0.717, 1.165) is 0 Å². The summed E-state index contributed by atoms with van der Waals surface area (Å²) in [5.41, 5.74) is 0.647. The number of hydrogen-bond donors (Lipinski definition) is 3. The second-order valence-corrected chi connectivity index (χ2v) is 5.94. The molecule has 8 heteroatoms. The number of aliphatic hydroxyl groups is 1. The monoisotopic (exact) mass is 323 g/mol. The van der Waals surface area contributed by atoms with Gasteiger partial charge >= 0.3 is 0 Å². The molecule has 0 aliphatic carbocycles. The van der Waals surface area contributed by atoms with Gasteiger partial charge in [0.15, 0.2) is 0 Å². The zero-order valence-electron chi connectivity index (χ0n) is 13.2. The van der Waals surface area contributed by atoms with E-state index in [2.05, 4.69) is 15.3 Å². The van der Waals surface area contributed by atoms with E-state index in [0.29, 0.717) is 30.1 Å². The van der Waals surface area contributed by atoms with Gasteiger partial charge in [-0.3, -0.25) is 9.59 Å². The van der Waals surface area contributed by atoms with E-state index in [1.165, 1.54) is 0 Å². The first-order valence-electron chi connectivity index (χ1n) is 7.79. The molecule has 8 nitrogen and oxygen atoms in total. The number of amides is 1. The van der Waals surface area contributed by atoms with E-state index in [9.17, 15) is 14.7 Å². The van der Waals surface area contributed by atoms with E-state index in [1.807, 2.05) is 6.92 Å². The number of nitrogens with one attached hydrogen (secondary N) is 2. The maximum absolute atomic E-state index is 12.2. The molecule has 2 fully saturated rings. The van der Waals surface area contributed by atoms with Crippen molar-refractivity contribution in [2.24, 2.45) is 0 Å². The van der Waals surface area contributed by atoms with Gasteiger partial charge in [0.2, 0.25) is 5.91 Å². The van der Waals surface area contributed by atoms with Gasteiger partial charge in [0.05, 0.1) is 25.7 Å². The Morgan fingerprint density at radius 1 is 1.39 bits per heavy atom. The molecule has 0 spiro atoms. The lowest BCUT2D eigenvalue weighted by molar-refractivity contribution is -0.121. The van der Waals surface area contributed by atoms with Crippen LogP contribution in [0, 0.1) is 6.92 Å². The van der Waals surface area contributed by atoms with Gasteiger partial charge in [0.1, 0.15) is 24.1 Å². The number of carbonyl (C=O) groups excluding carboxylic acids is 1. The highest BCUT2D eigenvalue weighted by molar-refractivity contribution is 5.79. The lowest BCUT2D eigenvalue weighted by atomic mass is 10.1. The van der Waals surface area contributed by atoms with Crippen molar-refractivity contribution in [3.63, 3.8) is 0 Å². The van der Waals surface area contributed by atoms with Crippen LogP contribution in [0.15, 0.2) is 4.79 Å². The first kappa shape index (κ1) is 16.1. The van der Waals surface area contributed by atoms with Crippen molar-refractivity contribution < 1.29 is 19.4 Å². The molecule has 2 saturated heterocycles. The number of ether oxygens (including phenoxy) is 2. The van der Waals surface area contributed by atoms with Crippen molar-refractivity contribution in [2.45, 2.75) is 51.0 Å². The summed E-state index contributed by atoms with van der Waals surface area (Å²) in [6, 6.07) is -0.313. The number of carbonyl (C=O) groups is 1. The number of aromatic nitrogens is 2. The predicted octanol–water partition coefficient (Wildman–Crippen LogP) is -1.17. The number of rotatable bonds is 4. The maximum Gasteiger partial charge on any atom is 0.254 e. The molecule has 0 radical (unpaired) electrons. The SMILES string of the molecule is CCc1nc(C)c(CC(=O)N[C@@H]2CO[C@H]3[C@@H]2OC[C@H]3O)c(=O)[nH]1. The van der Waals surface area contributed by atoms with Crippen LogP contribution in [0.3, 0.4) is 0 Å². The van der Waals surface area contributed by atoms with Crippen molar-refractivity contribution in [1.82, 2.24) is 15.3 Å². The molecule has 0 saturated carbocycles. The Morgan fingerprint density at radius 2 is 2.13 bits per heavy atom. The fourth-order valence-corrected chi connectivity index (χ4v) is 3.07. The molecular weight excluding hydrogens is 302 g/mol. The summed E-state index contributed by atoms with van der Waals surface area (Å²) in [6.45, 7) is 4.13. The molecule has 1 amide bonds. The zero-order valence-corrected chi connectivity index (χ0v) is 13.2. The largest absolute Gasteiger partial charge is 0.388 e. The van der Waals surface area contributed by atoms with E-state index < -0.39 is 12.2 Å². The summed E-state index contributed by atoms with van der Waals surface area (Å²) < 4.78 is 10.9. The average molecular weight is 323 g/mol. The molecule has 0 bridgehead atoms. The third-order valence-electron chi connectivity index (χ3n) is 4.32. The number of aromatic amines is 1. The van der Waals surface area contributed by atoms with E-state index in [-0.39, 0.29) is 36.6 Å². The highest BCUT2D eigenvalue weighted by Gasteiger charge is 2.47. The van der Waals surface area contributed by atoms with Crippen molar-refractivity contribution in [2.75, 3.05) is 13.2 Å². The molecule has 3 heterocycles. The van der Waals surface area contributed by atoms with Gasteiger partial charge in [0, 0.05) is 17.7 Å². The van der Waals surface area contributed by atoms with Crippen LogP contribution in [0.1, 0.15) is 24.0 Å². The molecule has 2 aliphatic heterocycles. The van der Waals surface area contributed by atoms with Crippen LogP contribution < -0.4 is 10.9 Å². The highest BCUT2D eigenvalue weighted by atomic mass is 16.6. The third kappa shape index (κ3) is 3.15. The normalized spacial score (nSPS) is 29.5. The quantitative estimate of drug-likeness (QED) is 0.643. The summed E-state index contributed by atoms with van der Waals surface area (Å²) in [6.07, 6.45) is -0.804. The van der Waals surface area contributed by atoms with Crippen LogP contribution in [-0.4, -0.2) is 58.5 Å². The number of nitrogens with zero attached hydrogens (tertiary/aromatic N) is 1. The van der Waals surface area contributed by atoms with Gasteiger partial charge in [0.25, 0.3) is 5.56 Å². The van der Waals surface area contributed by atoms with Crippen LogP contribution in [0.25, 0.3) is 0 Å². The molecule has 126 valence electrons. The van der Waals surface area contributed by atoms with Gasteiger partial charge in [-0.1, -0.05) is 6.92 Å². The molecule has 2 aliphatic rings. The Bertz CT molecular complexity index is 659. The molecule has 0 aromatic carbocycles.